The lowest BCUT2D eigenvalue weighted by Crippen LogP contribution is -2.12. The first-order valence-electron chi connectivity index (χ1n) is 6.01. The molecule has 96 valence electrons. The van der Waals surface area contributed by atoms with Crippen molar-refractivity contribution in [1.29, 1.82) is 0 Å². The van der Waals surface area contributed by atoms with E-state index in [0.29, 0.717) is 0 Å². The van der Waals surface area contributed by atoms with E-state index >= 15 is 0 Å². The van der Waals surface area contributed by atoms with Crippen molar-refractivity contribution in [2.75, 3.05) is 11.9 Å². The van der Waals surface area contributed by atoms with Gasteiger partial charge in [0.2, 0.25) is 0 Å². The predicted molar refractivity (Wildman–Crippen MR) is 78.7 cm³/mol. The van der Waals surface area contributed by atoms with E-state index in [1.54, 1.807) is 11.3 Å². The number of rotatable bonds is 3. The summed E-state index contributed by atoms with van der Waals surface area (Å²) in [5, 5.41) is 3.01. The van der Waals surface area contributed by atoms with E-state index in [9.17, 15) is 0 Å². The Morgan fingerprint density at radius 2 is 2.06 bits per heavy atom. The molecular weight excluding hydrogens is 242 g/mol. The molecule has 0 amide bonds. The molecule has 0 aliphatic carbocycles. The van der Waals surface area contributed by atoms with Crippen molar-refractivity contribution in [3.63, 3.8) is 0 Å². The Morgan fingerprint density at radius 3 is 2.61 bits per heavy atom. The van der Waals surface area contributed by atoms with Crippen LogP contribution in [0.5, 0.6) is 0 Å². The molecule has 4 heteroatoms. The summed E-state index contributed by atoms with van der Waals surface area (Å²) in [6.07, 6.45) is 0. The first kappa shape index (κ1) is 13.1. The van der Waals surface area contributed by atoms with Gasteiger partial charge in [-0.2, -0.15) is 0 Å². The monoisotopic (exact) mass is 261 g/mol. The molecule has 0 saturated heterocycles. The van der Waals surface area contributed by atoms with Gasteiger partial charge in [-0.05, 0) is 32.4 Å². The number of aromatic nitrogens is 1. The fourth-order valence-corrected chi connectivity index (χ4v) is 2.83. The minimum Gasteiger partial charge on any atom is -0.323 e. The molecule has 0 saturated carbocycles. The van der Waals surface area contributed by atoms with Crippen LogP contribution >= 0.6 is 11.3 Å². The van der Waals surface area contributed by atoms with Crippen LogP contribution < -0.4 is 10.6 Å². The number of aryl methyl sites for hydroxylation is 2. The second kappa shape index (κ2) is 5.08. The van der Waals surface area contributed by atoms with Crippen LogP contribution in [0.1, 0.15) is 29.8 Å². The third kappa shape index (κ3) is 2.54. The molecule has 2 N–H and O–H groups in total. The first-order chi connectivity index (χ1) is 8.49. The molecule has 18 heavy (non-hydrogen) atoms. The van der Waals surface area contributed by atoms with Gasteiger partial charge in [0, 0.05) is 24.2 Å². The second-order valence-corrected chi connectivity index (χ2v) is 5.53. The number of hydrogen-bond acceptors (Lipinski definition) is 4. The van der Waals surface area contributed by atoms with Crippen LogP contribution in [0.15, 0.2) is 23.6 Å². The van der Waals surface area contributed by atoms with Crippen molar-refractivity contribution in [3.8, 4) is 0 Å². The SMILES string of the molecule is Cc1ccc(N(C)c2nc(C(C)N)cs2)c(C)c1. The topological polar surface area (TPSA) is 42.2 Å². The molecule has 3 nitrogen and oxygen atoms in total. The van der Waals surface area contributed by atoms with Gasteiger partial charge in [0.15, 0.2) is 5.13 Å². The first-order valence-corrected chi connectivity index (χ1v) is 6.89. The molecule has 1 unspecified atom stereocenters. The van der Waals surface area contributed by atoms with Crippen molar-refractivity contribution >= 4 is 22.2 Å². The van der Waals surface area contributed by atoms with Gasteiger partial charge in [0.05, 0.1) is 5.69 Å². The molecule has 0 radical (unpaired) electrons. The van der Waals surface area contributed by atoms with Gasteiger partial charge >= 0.3 is 0 Å². The Labute approximate surface area is 112 Å². The number of anilines is 2. The lowest BCUT2D eigenvalue weighted by Gasteiger charge is -2.18. The third-order valence-electron chi connectivity index (χ3n) is 2.98. The average molecular weight is 261 g/mol. The fraction of sp³-hybridized carbons (Fsp3) is 0.357. The molecule has 1 aromatic carbocycles. The predicted octanol–water partition coefficient (Wildman–Crippen LogP) is 3.55. The molecule has 0 aliphatic rings. The smallest absolute Gasteiger partial charge is 0.189 e. The number of benzene rings is 1. The minimum atomic E-state index is -0.0116. The van der Waals surface area contributed by atoms with Crippen molar-refractivity contribution in [1.82, 2.24) is 4.98 Å². The Kier molecular flexibility index (Phi) is 3.68. The standard InChI is InChI=1S/C14H19N3S/c1-9-5-6-13(10(2)7-9)17(4)14-16-12(8-18-14)11(3)15/h5-8,11H,15H2,1-4H3. The summed E-state index contributed by atoms with van der Waals surface area (Å²) >= 11 is 1.63. The van der Waals surface area contributed by atoms with E-state index in [4.69, 9.17) is 5.73 Å². The maximum atomic E-state index is 5.84. The molecule has 0 spiro atoms. The summed E-state index contributed by atoms with van der Waals surface area (Å²) in [5.74, 6) is 0. The van der Waals surface area contributed by atoms with E-state index in [1.807, 2.05) is 19.4 Å². The van der Waals surface area contributed by atoms with Gasteiger partial charge in [0.1, 0.15) is 0 Å². The highest BCUT2D eigenvalue weighted by molar-refractivity contribution is 7.13. The Bertz CT molecular complexity index is 546. The summed E-state index contributed by atoms with van der Waals surface area (Å²) < 4.78 is 0. The molecule has 0 aliphatic heterocycles. The lowest BCUT2D eigenvalue weighted by atomic mass is 10.1. The Hall–Kier alpha value is -1.39. The third-order valence-corrected chi connectivity index (χ3v) is 3.91. The molecule has 2 aromatic rings. The van der Waals surface area contributed by atoms with Crippen LogP contribution in [-0.4, -0.2) is 12.0 Å². The molecule has 1 atom stereocenters. The largest absolute Gasteiger partial charge is 0.323 e. The number of nitrogens with zero attached hydrogens (tertiary/aromatic N) is 2. The average Bonchev–Trinajstić information content (AvgIpc) is 2.77. The van der Waals surface area contributed by atoms with Crippen LogP contribution in [0.25, 0.3) is 0 Å². The fourth-order valence-electron chi connectivity index (χ4n) is 1.92. The van der Waals surface area contributed by atoms with Gasteiger partial charge in [-0.3, -0.25) is 0 Å². The normalized spacial score (nSPS) is 12.5. The van der Waals surface area contributed by atoms with E-state index in [-0.39, 0.29) is 6.04 Å². The molecule has 1 heterocycles. The van der Waals surface area contributed by atoms with Crippen LogP contribution in [0.4, 0.5) is 10.8 Å². The van der Waals surface area contributed by atoms with E-state index in [1.165, 1.54) is 16.8 Å². The van der Waals surface area contributed by atoms with Crippen molar-refractivity contribution in [2.45, 2.75) is 26.8 Å². The molecule has 0 fully saturated rings. The zero-order valence-corrected chi connectivity index (χ0v) is 12.1. The number of nitrogens with two attached hydrogens (primary N) is 1. The van der Waals surface area contributed by atoms with E-state index in [2.05, 4.69) is 41.9 Å². The summed E-state index contributed by atoms with van der Waals surface area (Å²) in [5.41, 5.74) is 10.5. The highest BCUT2D eigenvalue weighted by Gasteiger charge is 2.12. The quantitative estimate of drug-likeness (QED) is 0.918. The lowest BCUT2D eigenvalue weighted by molar-refractivity contribution is 0.788. The second-order valence-electron chi connectivity index (χ2n) is 4.69. The Balaban J connectivity index is 2.32. The van der Waals surface area contributed by atoms with Gasteiger partial charge in [0.25, 0.3) is 0 Å². The molecular formula is C14H19N3S. The molecule has 1 aromatic heterocycles. The van der Waals surface area contributed by atoms with E-state index in [0.717, 1.165) is 10.8 Å². The van der Waals surface area contributed by atoms with Crippen molar-refractivity contribution in [2.24, 2.45) is 5.73 Å². The summed E-state index contributed by atoms with van der Waals surface area (Å²) in [4.78, 5) is 6.69. The van der Waals surface area contributed by atoms with Crippen molar-refractivity contribution in [3.05, 3.63) is 40.4 Å². The van der Waals surface area contributed by atoms with Gasteiger partial charge in [-0.1, -0.05) is 17.7 Å². The van der Waals surface area contributed by atoms with Gasteiger partial charge < -0.3 is 10.6 Å². The number of hydrogen-bond donors (Lipinski definition) is 1. The van der Waals surface area contributed by atoms with Gasteiger partial charge in [-0.25, -0.2) is 4.98 Å². The zero-order chi connectivity index (χ0) is 13.3. The molecule has 0 bridgehead atoms. The van der Waals surface area contributed by atoms with Crippen LogP contribution in [0.2, 0.25) is 0 Å². The molecule has 2 rings (SSSR count). The summed E-state index contributed by atoms with van der Waals surface area (Å²) in [7, 11) is 2.04. The maximum absolute atomic E-state index is 5.84. The maximum Gasteiger partial charge on any atom is 0.189 e. The Morgan fingerprint density at radius 1 is 1.33 bits per heavy atom. The number of thiazole rings is 1. The highest BCUT2D eigenvalue weighted by Crippen LogP contribution is 2.30. The zero-order valence-electron chi connectivity index (χ0n) is 11.3. The van der Waals surface area contributed by atoms with Crippen LogP contribution in [-0.2, 0) is 0 Å². The van der Waals surface area contributed by atoms with Crippen LogP contribution in [0.3, 0.4) is 0 Å². The summed E-state index contributed by atoms with van der Waals surface area (Å²) in [6, 6.07) is 6.44. The van der Waals surface area contributed by atoms with E-state index < -0.39 is 0 Å². The van der Waals surface area contributed by atoms with Crippen LogP contribution in [0, 0.1) is 13.8 Å². The summed E-state index contributed by atoms with van der Waals surface area (Å²) in [6.45, 7) is 6.18. The van der Waals surface area contributed by atoms with Crippen molar-refractivity contribution < 1.29 is 0 Å². The highest BCUT2D eigenvalue weighted by atomic mass is 32.1. The van der Waals surface area contributed by atoms with Gasteiger partial charge in [-0.15, -0.1) is 11.3 Å². The minimum absolute atomic E-state index is 0.0116.